The van der Waals surface area contributed by atoms with Gasteiger partial charge in [0.05, 0.1) is 12.1 Å². The zero-order chi connectivity index (χ0) is 33.3. The summed E-state index contributed by atoms with van der Waals surface area (Å²) in [6.07, 6.45) is 16.3. The Kier molecular flexibility index (Phi) is 11.2. The number of hydrogen-bond donors (Lipinski definition) is 0. The first-order valence-corrected chi connectivity index (χ1v) is 19.1. The zero-order valence-electron chi connectivity index (χ0n) is 26.8. The summed E-state index contributed by atoms with van der Waals surface area (Å²) in [6.45, 7) is 0. The summed E-state index contributed by atoms with van der Waals surface area (Å²) in [4.78, 5) is 4.75. The van der Waals surface area contributed by atoms with E-state index in [1.165, 1.54) is 26.5 Å². The third-order valence-electron chi connectivity index (χ3n) is 8.04. The molecule has 5 heteroatoms. The maximum atomic E-state index is 7.13. The molecule has 0 spiro atoms. The molecular weight excluding hydrogens is 676 g/mol. The van der Waals surface area contributed by atoms with Crippen LogP contribution in [0.25, 0.3) is 15.9 Å². The van der Waals surface area contributed by atoms with Crippen molar-refractivity contribution in [2.24, 2.45) is 0 Å². The Bertz CT molecular complexity index is 1980. The number of hydrogen-bond acceptors (Lipinski definition) is 3. The molecule has 0 amide bonds. The Morgan fingerprint density at radius 3 is 1.63 bits per heavy atom. The molecule has 2 heterocycles. The fourth-order valence-corrected chi connectivity index (χ4v) is 8.79. The van der Waals surface area contributed by atoms with Crippen molar-refractivity contribution in [1.82, 2.24) is 0 Å². The van der Waals surface area contributed by atoms with E-state index in [0.717, 1.165) is 61.0 Å². The average Bonchev–Trinajstić information content (AvgIpc) is 3.15. The van der Waals surface area contributed by atoms with E-state index in [2.05, 4.69) is 158 Å². The second-order valence-electron chi connectivity index (χ2n) is 11.6. The van der Waals surface area contributed by atoms with Crippen molar-refractivity contribution in [2.75, 3.05) is 0 Å². The minimum absolute atomic E-state index is 0.846. The summed E-state index contributed by atoms with van der Waals surface area (Å²) in [6, 6.07) is 46.1. The van der Waals surface area contributed by atoms with Crippen LogP contribution in [0.3, 0.4) is 0 Å². The highest BCUT2D eigenvalue weighted by atomic mass is 35.5. The van der Waals surface area contributed by atoms with E-state index in [1.54, 1.807) is 23.5 Å². The molecule has 0 N–H and O–H groups in total. The Balaban J connectivity index is 1.17. The molecule has 0 saturated heterocycles. The van der Waals surface area contributed by atoms with Crippen molar-refractivity contribution in [3.8, 4) is 0 Å². The summed E-state index contributed by atoms with van der Waals surface area (Å²) in [5, 5.41) is 2.54. The predicted molar refractivity (Wildman–Crippen MR) is 213 cm³/mol. The van der Waals surface area contributed by atoms with Crippen LogP contribution in [0.2, 0.25) is 0 Å². The molecule has 1 aromatic heterocycles. The molecule has 1 nitrogen and oxygen atoms in total. The van der Waals surface area contributed by atoms with Crippen LogP contribution < -0.4 is 0 Å². The fraction of sp³-hybridized carbons (Fsp3) is 0.0682. The van der Waals surface area contributed by atoms with Gasteiger partial charge in [-0.05, 0) is 89.1 Å². The molecule has 0 bridgehead atoms. The van der Waals surface area contributed by atoms with Crippen molar-refractivity contribution < 1.29 is 4.42 Å². The van der Waals surface area contributed by atoms with Gasteiger partial charge >= 0.3 is 10.2 Å². The minimum atomic E-state index is 0.846. The predicted octanol–water partition coefficient (Wildman–Crippen LogP) is 14.2. The first-order valence-electron chi connectivity index (χ1n) is 16.3. The van der Waals surface area contributed by atoms with E-state index in [0.29, 0.717) is 0 Å². The van der Waals surface area contributed by atoms with E-state index < -0.39 is 0 Å². The SMILES string of the molecule is ClC1=C(/C=C/c2cc(Sc3ccccc3)[o+]c(Sc3ccccc3)c2)CCC/C1=C/C=C1C=C(c2ccccc2)SC(c2ccccc2)=C1. The van der Waals surface area contributed by atoms with Gasteiger partial charge in [-0.1, -0.05) is 145 Å². The largest absolute Gasteiger partial charge is 0.394 e. The van der Waals surface area contributed by atoms with Gasteiger partial charge in [0.25, 0.3) is 0 Å². The third-order valence-corrected chi connectivity index (χ3v) is 11.5. The lowest BCUT2D eigenvalue weighted by Crippen LogP contribution is -1.98. The number of benzene rings is 4. The highest BCUT2D eigenvalue weighted by molar-refractivity contribution is 8.16. The molecule has 1 aliphatic carbocycles. The molecule has 1 aliphatic heterocycles. The van der Waals surface area contributed by atoms with Crippen molar-refractivity contribution in [3.63, 3.8) is 0 Å². The van der Waals surface area contributed by atoms with Gasteiger partial charge in [0, 0.05) is 48.2 Å². The van der Waals surface area contributed by atoms with Gasteiger partial charge in [-0.3, -0.25) is 0 Å². The average molecular weight is 710 g/mol. The maximum absolute atomic E-state index is 7.13. The smallest absolute Gasteiger partial charge is 0.192 e. The van der Waals surface area contributed by atoms with Gasteiger partial charge in [0.2, 0.25) is 0 Å². The van der Waals surface area contributed by atoms with Crippen molar-refractivity contribution in [2.45, 2.75) is 39.2 Å². The molecule has 0 saturated carbocycles. The molecular formula is C44H34ClOS3+. The van der Waals surface area contributed by atoms with Gasteiger partial charge in [0.15, 0.2) is 0 Å². The normalized spacial score (nSPS) is 15.8. The molecule has 0 radical (unpaired) electrons. The number of rotatable bonds is 9. The van der Waals surface area contributed by atoms with Crippen molar-refractivity contribution in [1.29, 1.82) is 0 Å². The Morgan fingerprint density at radius 1 is 0.592 bits per heavy atom. The van der Waals surface area contributed by atoms with Gasteiger partial charge in [-0.25, -0.2) is 0 Å². The summed E-state index contributed by atoms with van der Waals surface area (Å²) < 4.78 is 6.34. The summed E-state index contributed by atoms with van der Waals surface area (Å²) in [7, 11) is 0. The van der Waals surface area contributed by atoms with Gasteiger partial charge in [-0.2, -0.15) is 4.42 Å². The molecule has 0 unspecified atom stereocenters. The minimum Gasteiger partial charge on any atom is -0.192 e. The van der Waals surface area contributed by atoms with E-state index in [-0.39, 0.29) is 0 Å². The fourth-order valence-electron chi connectivity index (χ4n) is 5.59. The molecule has 2 aliphatic rings. The first-order chi connectivity index (χ1) is 24.2. The Morgan fingerprint density at radius 2 is 1.10 bits per heavy atom. The topological polar surface area (TPSA) is 11.3 Å². The standard InChI is InChI=1S/C44H34ClOS3/c45-44-36(26-24-32-28-40(34-14-5-1-6-15-34)49-41(29-32)35-16-7-2-8-17-35)18-13-19-37(44)27-25-33-30-42(47-38-20-9-3-10-21-38)46-43(31-33)48-39-22-11-4-12-23-39/h1-12,14-17,20-31H,13,18-19H2/q+1/b27-25+,36-26-. The molecule has 7 rings (SSSR count). The van der Waals surface area contributed by atoms with E-state index in [1.807, 2.05) is 23.9 Å². The zero-order valence-corrected chi connectivity index (χ0v) is 30.0. The Labute approximate surface area is 306 Å². The highest BCUT2D eigenvalue weighted by Crippen LogP contribution is 2.44. The molecule has 240 valence electrons. The van der Waals surface area contributed by atoms with E-state index in [4.69, 9.17) is 16.0 Å². The number of halogens is 1. The lowest BCUT2D eigenvalue weighted by molar-refractivity contribution is 0.373. The van der Waals surface area contributed by atoms with Crippen LogP contribution in [0.5, 0.6) is 0 Å². The van der Waals surface area contributed by atoms with Crippen LogP contribution in [0, 0.1) is 0 Å². The Hall–Kier alpha value is -4.19. The quantitative estimate of drug-likeness (QED) is 0.141. The summed E-state index contributed by atoms with van der Waals surface area (Å²) >= 11 is 12.2. The number of allylic oxidation sites excluding steroid dienone is 9. The molecule has 4 aromatic carbocycles. The van der Waals surface area contributed by atoms with E-state index in [9.17, 15) is 0 Å². The lowest BCUT2D eigenvalue weighted by atomic mass is 9.93. The second-order valence-corrected chi connectivity index (χ2v) is 15.2. The van der Waals surface area contributed by atoms with Gasteiger partial charge in [0.1, 0.15) is 0 Å². The van der Waals surface area contributed by atoms with Crippen LogP contribution in [-0.2, 0) is 0 Å². The third kappa shape index (κ3) is 9.09. The molecule has 0 atom stereocenters. The van der Waals surface area contributed by atoms with Gasteiger partial charge in [-0.15, -0.1) is 0 Å². The monoisotopic (exact) mass is 709 g/mol. The second kappa shape index (κ2) is 16.5. The van der Waals surface area contributed by atoms with Crippen LogP contribution in [0.1, 0.15) is 36.0 Å². The number of thioether (sulfide) groups is 1. The van der Waals surface area contributed by atoms with Crippen LogP contribution in [-0.4, -0.2) is 0 Å². The van der Waals surface area contributed by atoms with Crippen LogP contribution in [0.15, 0.2) is 210 Å². The van der Waals surface area contributed by atoms with Crippen LogP contribution in [0.4, 0.5) is 0 Å². The van der Waals surface area contributed by atoms with Crippen LogP contribution >= 0.6 is 46.9 Å². The van der Waals surface area contributed by atoms with Crippen molar-refractivity contribution >= 4 is 62.8 Å². The first kappa shape index (κ1) is 33.3. The summed E-state index contributed by atoms with van der Waals surface area (Å²) in [5.41, 5.74) is 7.02. The highest BCUT2D eigenvalue weighted by Gasteiger charge is 2.20. The molecule has 5 aromatic rings. The van der Waals surface area contributed by atoms with Crippen molar-refractivity contribution in [3.05, 3.63) is 202 Å². The maximum Gasteiger partial charge on any atom is 0.394 e. The summed E-state index contributed by atoms with van der Waals surface area (Å²) in [5.74, 6) is 0. The molecule has 49 heavy (non-hydrogen) atoms. The molecule has 0 fully saturated rings. The van der Waals surface area contributed by atoms with E-state index >= 15 is 0 Å². The lowest BCUT2D eigenvalue weighted by Gasteiger charge is -2.18. The van der Waals surface area contributed by atoms with Gasteiger partial charge < -0.3 is 0 Å².